The summed E-state index contributed by atoms with van der Waals surface area (Å²) in [4.78, 5) is 11.9. The van der Waals surface area contributed by atoms with Gasteiger partial charge in [0.05, 0.1) is 0 Å². The van der Waals surface area contributed by atoms with E-state index in [9.17, 15) is 4.79 Å². The van der Waals surface area contributed by atoms with Crippen LogP contribution in [0.15, 0.2) is 0 Å². The van der Waals surface area contributed by atoms with Crippen molar-refractivity contribution in [3.8, 4) is 0 Å². The molecule has 3 heteroatoms. The van der Waals surface area contributed by atoms with Gasteiger partial charge in [0.2, 0.25) is 5.91 Å². The summed E-state index contributed by atoms with van der Waals surface area (Å²) in [5, 5.41) is 6.04. The highest BCUT2D eigenvalue weighted by Crippen LogP contribution is 2.39. The molecule has 0 aromatic rings. The van der Waals surface area contributed by atoms with Crippen LogP contribution in [0.2, 0.25) is 0 Å². The zero-order valence-corrected chi connectivity index (χ0v) is 11.8. The average molecular weight is 240 g/mol. The van der Waals surface area contributed by atoms with E-state index >= 15 is 0 Å². The lowest BCUT2D eigenvalue weighted by atomic mass is 9.70. The topological polar surface area (TPSA) is 41.1 Å². The molecule has 0 radical (unpaired) electrons. The van der Waals surface area contributed by atoms with Crippen molar-refractivity contribution < 1.29 is 4.79 Å². The fraction of sp³-hybridized carbons (Fsp3) is 0.929. The van der Waals surface area contributed by atoms with Crippen LogP contribution in [0.1, 0.15) is 46.5 Å². The van der Waals surface area contributed by atoms with Crippen LogP contribution in [0.4, 0.5) is 0 Å². The van der Waals surface area contributed by atoms with Crippen LogP contribution in [0.5, 0.6) is 0 Å². The maximum absolute atomic E-state index is 11.9. The normalized spacial score (nSPS) is 25.6. The Labute approximate surface area is 106 Å². The summed E-state index contributed by atoms with van der Waals surface area (Å²) in [6.45, 7) is 8.53. The molecule has 0 saturated heterocycles. The fourth-order valence-corrected chi connectivity index (χ4v) is 2.68. The SMILES string of the molecule is CNCCNC(=O)C1CCC(C(C)(C)C)CC1. The highest BCUT2D eigenvalue weighted by molar-refractivity contribution is 5.78. The number of amides is 1. The summed E-state index contributed by atoms with van der Waals surface area (Å²) in [6, 6.07) is 0. The highest BCUT2D eigenvalue weighted by atomic mass is 16.1. The molecule has 0 aliphatic heterocycles. The zero-order valence-electron chi connectivity index (χ0n) is 11.8. The molecule has 0 aromatic carbocycles. The smallest absolute Gasteiger partial charge is 0.223 e. The van der Waals surface area contributed by atoms with Gasteiger partial charge in [0.15, 0.2) is 0 Å². The number of nitrogens with one attached hydrogen (secondary N) is 2. The van der Waals surface area contributed by atoms with Crippen molar-refractivity contribution in [1.29, 1.82) is 0 Å². The van der Waals surface area contributed by atoms with Gasteiger partial charge in [-0.2, -0.15) is 0 Å². The lowest BCUT2D eigenvalue weighted by molar-refractivity contribution is -0.126. The Balaban J connectivity index is 2.29. The molecule has 0 bridgehead atoms. The molecule has 1 aliphatic rings. The first-order valence-corrected chi connectivity index (χ1v) is 6.87. The van der Waals surface area contributed by atoms with Crippen molar-refractivity contribution in [2.45, 2.75) is 46.5 Å². The maximum Gasteiger partial charge on any atom is 0.223 e. The van der Waals surface area contributed by atoms with Crippen molar-refractivity contribution in [2.75, 3.05) is 20.1 Å². The van der Waals surface area contributed by atoms with E-state index in [0.29, 0.717) is 5.41 Å². The lowest BCUT2D eigenvalue weighted by Gasteiger charge is -2.36. The molecule has 1 rings (SSSR count). The second kappa shape index (κ2) is 6.39. The molecule has 0 atom stereocenters. The fourth-order valence-electron chi connectivity index (χ4n) is 2.68. The van der Waals surface area contributed by atoms with E-state index in [0.717, 1.165) is 31.8 Å². The van der Waals surface area contributed by atoms with Gasteiger partial charge >= 0.3 is 0 Å². The number of rotatable bonds is 4. The van der Waals surface area contributed by atoms with E-state index in [-0.39, 0.29) is 11.8 Å². The third-order valence-corrected chi connectivity index (χ3v) is 4.00. The number of hydrogen-bond donors (Lipinski definition) is 2. The average Bonchev–Trinajstić information content (AvgIpc) is 2.28. The van der Waals surface area contributed by atoms with Crippen LogP contribution in [0, 0.1) is 17.3 Å². The van der Waals surface area contributed by atoms with Crippen molar-refractivity contribution >= 4 is 5.91 Å². The number of carbonyl (C=O) groups is 1. The first-order valence-electron chi connectivity index (χ1n) is 6.87. The molecular weight excluding hydrogens is 212 g/mol. The van der Waals surface area contributed by atoms with Gasteiger partial charge in [-0.05, 0) is 44.1 Å². The Morgan fingerprint density at radius 3 is 2.18 bits per heavy atom. The van der Waals surface area contributed by atoms with Crippen molar-refractivity contribution in [2.24, 2.45) is 17.3 Å². The Morgan fingerprint density at radius 2 is 1.71 bits per heavy atom. The summed E-state index contributed by atoms with van der Waals surface area (Å²) < 4.78 is 0. The van der Waals surface area contributed by atoms with Gasteiger partial charge in [-0.1, -0.05) is 20.8 Å². The molecule has 100 valence electrons. The van der Waals surface area contributed by atoms with Crippen LogP contribution in [-0.2, 0) is 4.79 Å². The largest absolute Gasteiger partial charge is 0.355 e. The Kier molecular flexibility index (Phi) is 5.44. The third-order valence-electron chi connectivity index (χ3n) is 4.00. The van der Waals surface area contributed by atoms with Gasteiger partial charge < -0.3 is 10.6 Å². The molecule has 0 unspecified atom stereocenters. The molecular formula is C14H28N2O. The molecule has 17 heavy (non-hydrogen) atoms. The van der Waals surface area contributed by atoms with E-state index < -0.39 is 0 Å². The van der Waals surface area contributed by atoms with Gasteiger partial charge in [0, 0.05) is 19.0 Å². The molecule has 2 N–H and O–H groups in total. The quantitative estimate of drug-likeness (QED) is 0.740. The minimum Gasteiger partial charge on any atom is -0.355 e. The van der Waals surface area contributed by atoms with Gasteiger partial charge in [-0.15, -0.1) is 0 Å². The second-order valence-electron chi connectivity index (χ2n) is 6.31. The van der Waals surface area contributed by atoms with Crippen LogP contribution in [0.3, 0.4) is 0 Å². The number of likely N-dealkylation sites (N-methyl/N-ethyl adjacent to an activating group) is 1. The van der Waals surface area contributed by atoms with Crippen LogP contribution in [-0.4, -0.2) is 26.0 Å². The number of hydrogen-bond acceptors (Lipinski definition) is 2. The standard InChI is InChI=1S/C14H28N2O/c1-14(2,3)12-7-5-11(6-8-12)13(17)16-10-9-15-4/h11-12,15H,5-10H2,1-4H3,(H,16,17). The minimum absolute atomic E-state index is 0.255. The van der Waals surface area contributed by atoms with E-state index in [1.54, 1.807) is 0 Å². The zero-order chi connectivity index (χ0) is 12.9. The van der Waals surface area contributed by atoms with Crippen molar-refractivity contribution in [1.82, 2.24) is 10.6 Å². The summed E-state index contributed by atoms with van der Waals surface area (Å²) in [7, 11) is 1.90. The van der Waals surface area contributed by atoms with Gasteiger partial charge in [0.25, 0.3) is 0 Å². The first-order chi connectivity index (χ1) is 7.95. The summed E-state index contributed by atoms with van der Waals surface area (Å²) in [5.41, 5.74) is 0.396. The highest BCUT2D eigenvalue weighted by Gasteiger charge is 2.32. The second-order valence-corrected chi connectivity index (χ2v) is 6.31. The predicted molar refractivity (Wildman–Crippen MR) is 71.8 cm³/mol. The lowest BCUT2D eigenvalue weighted by Crippen LogP contribution is -2.37. The summed E-state index contributed by atoms with van der Waals surface area (Å²) >= 11 is 0. The molecule has 3 nitrogen and oxygen atoms in total. The van der Waals surface area contributed by atoms with Gasteiger partial charge in [-0.3, -0.25) is 4.79 Å². The summed E-state index contributed by atoms with van der Waals surface area (Å²) in [6.07, 6.45) is 4.53. The van der Waals surface area contributed by atoms with Gasteiger partial charge in [0.1, 0.15) is 0 Å². The molecule has 0 heterocycles. The molecule has 1 aliphatic carbocycles. The van der Waals surface area contributed by atoms with Crippen LogP contribution < -0.4 is 10.6 Å². The molecule has 0 spiro atoms. The van der Waals surface area contributed by atoms with E-state index in [2.05, 4.69) is 31.4 Å². The maximum atomic E-state index is 11.9. The monoisotopic (exact) mass is 240 g/mol. The Morgan fingerprint density at radius 1 is 1.12 bits per heavy atom. The predicted octanol–water partition coefficient (Wildman–Crippen LogP) is 2.17. The molecule has 1 saturated carbocycles. The minimum atomic E-state index is 0.255. The third kappa shape index (κ3) is 4.66. The van der Waals surface area contributed by atoms with Crippen LogP contribution >= 0.6 is 0 Å². The van der Waals surface area contributed by atoms with E-state index in [1.165, 1.54) is 12.8 Å². The molecule has 0 aromatic heterocycles. The van der Waals surface area contributed by atoms with Crippen molar-refractivity contribution in [3.05, 3.63) is 0 Å². The van der Waals surface area contributed by atoms with E-state index in [4.69, 9.17) is 0 Å². The van der Waals surface area contributed by atoms with Gasteiger partial charge in [-0.25, -0.2) is 0 Å². The van der Waals surface area contributed by atoms with Crippen molar-refractivity contribution in [3.63, 3.8) is 0 Å². The van der Waals surface area contributed by atoms with E-state index in [1.807, 2.05) is 7.05 Å². The Hall–Kier alpha value is -0.570. The Bertz CT molecular complexity index is 237. The number of carbonyl (C=O) groups excluding carboxylic acids is 1. The first kappa shape index (κ1) is 14.5. The molecule has 1 fully saturated rings. The summed E-state index contributed by atoms with van der Waals surface area (Å²) in [5.74, 6) is 1.29. The van der Waals surface area contributed by atoms with Crippen LogP contribution in [0.25, 0.3) is 0 Å². The molecule has 1 amide bonds.